The Labute approximate surface area is 150 Å². The number of amides is 2. The number of para-hydroxylation sites is 1. The first kappa shape index (κ1) is 15.3. The Bertz CT molecular complexity index is 910. The molecular formula is C20H18N2O4. The molecule has 2 unspecified atom stereocenters. The van der Waals surface area contributed by atoms with Crippen LogP contribution in [0.5, 0.6) is 11.5 Å². The van der Waals surface area contributed by atoms with E-state index in [0.29, 0.717) is 30.2 Å². The number of hydrogen-bond acceptors (Lipinski definition) is 4. The van der Waals surface area contributed by atoms with Crippen molar-refractivity contribution in [2.24, 2.45) is 11.8 Å². The fraction of sp³-hybridized carbons (Fsp3) is 0.300. The van der Waals surface area contributed by atoms with Gasteiger partial charge in [0.05, 0.1) is 11.8 Å². The minimum Gasteiger partial charge on any atom is -0.454 e. The second kappa shape index (κ2) is 5.76. The number of benzene rings is 2. The summed E-state index contributed by atoms with van der Waals surface area (Å²) in [6.45, 7) is 0.897. The van der Waals surface area contributed by atoms with Crippen LogP contribution < -0.4 is 19.7 Å². The standard InChI is InChI=1S/C20H18N2O4/c23-19(21-13-5-6-17-18(9-13)26-11-25-17)14-10-15(14)20(24)22-8-7-12-3-1-2-4-16(12)22/h1-6,9,14-15H,7-8,10-11H2,(H,21,23). The molecule has 2 aliphatic heterocycles. The first-order chi connectivity index (χ1) is 12.7. The highest BCUT2D eigenvalue weighted by Gasteiger charge is 2.50. The smallest absolute Gasteiger partial charge is 0.231 e. The molecule has 0 bridgehead atoms. The molecule has 2 aromatic carbocycles. The van der Waals surface area contributed by atoms with Crippen LogP contribution in [0.4, 0.5) is 11.4 Å². The lowest BCUT2D eigenvalue weighted by Gasteiger charge is -2.17. The molecule has 0 spiro atoms. The van der Waals surface area contributed by atoms with Gasteiger partial charge in [0.25, 0.3) is 0 Å². The highest BCUT2D eigenvalue weighted by Crippen LogP contribution is 2.43. The van der Waals surface area contributed by atoms with Crippen molar-refractivity contribution in [3.63, 3.8) is 0 Å². The minimum absolute atomic E-state index is 0.0563. The lowest BCUT2D eigenvalue weighted by molar-refractivity contribution is -0.123. The van der Waals surface area contributed by atoms with E-state index in [1.165, 1.54) is 5.56 Å². The molecule has 2 aromatic rings. The first-order valence-corrected chi connectivity index (χ1v) is 8.80. The second-order valence-electron chi connectivity index (χ2n) is 6.87. The maximum Gasteiger partial charge on any atom is 0.231 e. The third-order valence-electron chi connectivity index (χ3n) is 5.24. The van der Waals surface area contributed by atoms with Crippen molar-refractivity contribution in [2.75, 3.05) is 23.6 Å². The lowest BCUT2D eigenvalue weighted by atomic mass is 10.2. The number of carbonyl (C=O) groups is 2. The van der Waals surface area contributed by atoms with Crippen molar-refractivity contribution in [3.8, 4) is 11.5 Å². The van der Waals surface area contributed by atoms with Gasteiger partial charge in [-0.3, -0.25) is 9.59 Å². The normalized spacial score (nSPS) is 22.1. The third-order valence-corrected chi connectivity index (χ3v) is 5.24. The number of fused-ring (bicyclic) bond motifs is 2. The Morgan fingerprint density at radius 2 is 1.88 bits per heavy atom. The third kappa shape index (κ3) is 2.49. The van der Waals surface area contributed by atoms with E-state index >= 15 is 0 Å². The van der Waals surface area contributed by atoms with Crippen LogP contribution in [0.3, 0.4) is 0 Å². The van der Waals surface area contributed by atoms with Crippen molar-refractivity contribution in [1.29, 1.82) is 0 Å². The Kier molecular flexibility index (Phi) is 3.38. The number of rotatable bonds is 3. The summed E-state index contributed by atoms with van der Waals surface area (Å²) in [7, 11) is 0. The summed E-state index contributed by atoms with van der Waals surface area (Å²) < 4.78 is 10.6. The zero-order valence-electron chi connectivity index (χ0n) is 14.1. The van der Waals surface area contributed by atoms with Gasteiger partial charge in [-0.25, -0.2) is 0 Å². The molecule has 1 N–H and O–H groups in total. The van der Waals surface area contributed by atoms with Crippen molar-refractivity contribution in [2.45, 2.75) is 12.8 Å². The van der Waals surface area contributed by atoms with Gasteiger partial charge in [-0.05, 0) is 36.6 Å². The molecule has 132 valence electrons. The van der Waals surface area contributed by atoms with Crippen molar-refractivity contribution >= 4 is 23.2 Å². The second-order valence-corrected chi connectivity index (χ2v) is 6.87. The summed E-state index contributed by atoms with van der Waals surface area (Å²) in [4.78, 5) is 27.1. The van der Waals surface area contributed by atoms with Gasteiger partial charge in [0.2, 0.25) is 18.6 Å². The van der Waals surface area contributed by atoms with Gasteiger partial charge >= 0.3 is 0 Å². The number of hydrogen-bond donors (Lipinski definition) is 1. The summed E-state index contributed by atoms with van der Waals surface area (Å²) in [5.74, 6) is 0.751. The molecule has 0 aromatic heterocycles. The van der Waals surface area contributed by atoms with Crippen LogP contribution in [-0.4, -0.2) is 25.2 Å². The van der Waals surface area contributed by atoms with Crippen LogP contribution >= 0.6 is 0 Å². The molecule has 3 aliphatic rings. The topological polar surface area (TPSA) is 67.9 Å². The highest BCUT2D eigenvalue weighted by atomic mass is 16.7. The van der Waals surface area contributed by atoms with Gasteiger partial charge in [-0.1, -0.05) is 18.2 Å². The molecule has 0 saturated heterocycles. The zero-order valence-corrected chi connectivity index (χ0v) is 14.1. The van der Waals surface area contributed by atoms with E-state index in [9.17, 15) is 9.59 Å². The number of nitrogens with zero attached hydrogens (tertiary/aromatic N) is 1. The SMILES string of the molecule is O=C(Nc1ccc2c(c1)OCO2)C1CC1C(=O)N1CCc2ccccc21. The van der Waals surface area contributed by atoms with Gasteiger partial charge in [0, 0.05) is 24.0 Å². The van der Waals surface area contributed by atoms with Crippen LogP contribution in [0.2, 0.25) is 0 Å². The monoisotopic (exact) mass is 350 g/mol. The van der Waals surface area contributed by atoms with E-state index in [0.717, 1.165) is 12.1 Å². The molecule has 1 aliphatic carbocycles. The number of carbonyl (C=O) groups excluding carboxylic acids is 2. The van der Waals surface area contributed by atoms with Gasteiger partial charge in [-0.15, -0.1) is 0 Å². The Balaban J connectivity index is 1.24. The summed E-state index contributed by atoms with van der Waals surface area (Å²) in [6.07, 6.45) is 1.48. The fourth-order valence-corrected chi connectivity index (χ4v) is 3.73. The molecule has 26 heavy (non-hydrogen) atoms. The molecule has 1 saturated carbocycles. The Morgan fingerprint density at radius 1 is 1.04 bits per heavy atom. The van der Waals surface area contributed by atoms with E-state index in [4.69, 9.17) is 9.47 Å². The van der Waals surface area contributed by atoms with E-state index in [-0.39, 0.29) is 30.4 Å². The van der Waals surface area contributed by atoms with E-state index in [1.54, 1.807) is 18.2 Å². The molecule has 2 amide bonds. The first-order valence-electron chi connectivity index (χ1n) is 8.80. The van der Waals surface area contributed by atoms with Crippen LogP contribution in [0, 0.1) is 11.8 Å². The van der Waals surface area contributed by atoms with Crippen molar-refractivity contribution in [1.82, 2.24) is 0 Å². The minimum atomic E-state index is -0.263. The Hall–Kier alpha value is -3.02. The van der Waals surface area contributed by atoms with Crippen LogP contribution in [0.1, 0.15) is 12.0 Å². The predicted molar refractivity (Wildman–Crippen MR) is 95.3 cm³/mol. The average Bonchev–Trinajstić information content (AvgIpc) is 3.13. The molecule has 6 heteroatoms. The molecule has 0 radical (unpaired) electrons. The predicted octanol–water partition coefficient (Wildman–Crippen LogP) is 2.58. The van der Waals surface area contributed by atoms with Gasteiger partial charge in [0.1, 0.15) is 0 Å². The van der Waals surface area contributed by atoms with E-state index in [2.05, 4.69) is 11.4 Å². The van der Waals surface area contributed by atoms with E-state index < -0.39 is 0 Å². The number of nitrogens with one attached hydrogen (secondary N) is 1. The summed E-state index contributed by atoms with van der Waals surface area (Å²) in [5.41, 5.74) is 2.84. The maximum atomic E-state index is 12.8. The molecule has 5 rings (SSSR count). The van der Waals surface area contributed by atoms with Crippen LogP contribution in [-0.2, 0) is 16.0 Å². The van der Waals surface area contributed by atoms with E-state index in [1.807, 2.05) is 23.1 Å². The maximum absolute atomic E-state index is 12.8. The lowest BCUT2D eigenvalue weighted by Crippen LogP contribution is -2.31. The molecule has 2 atom stereocenters. The van der Waals surface area contributed by atoms with Crippen LogP contribution in [0.25, 0.3) is 0 Å². The molecular weight excluding hydrogens is 332 g/mol. The molecule has 1 fully saturated rings. The fourth-order valence-electron chi connectivity index (χ4n) is 3.73. The van der Waals surface area contributed by atoms with Gasteiger partial charge < -0.3 is 19.7 Å². The zero-order chi connectivity index (χ0) is 17.7. The van der Waals surface area contributed by atoms with Crippen molar-refractivity contribution in [3.05, 3.63) is 48.0 Å². The van der Waals surface area contributed by atoms with Gasteiger partial charge in [-0.2, -0.15) is 0 Å². The summed E-state index contributed by atoms with van der Waals surface area (Å²) >= 11 is 0. The van der Waals surface area contributed by atoms with Crippen LogP contribution in [0.15, 0.2) is 42.5 Å². The Morgan fingerprint density at radius 3 is 2.81 bits per heavy atom. The summed E-state index contributed by atoms with van der Waals surface area (Å²) in [6, 6.07) is 13.3. The number of ether oxygens (including phenoxy) is 2. The van der Waals surface area contributed by atoms with Crippen molar-refractivity contribution < 1.29 is 19.1 Å². The highest BCUT2D eigenvalue weighted by molar-refractivity contribution is 6.05. The average molecular weight is 350 g/mol. The summed E-state index contributed by atoms with van der Waals surface area (Å²) in [5, 5.41) is 2.88. The quantitative estimate of drug-likeness (QED) is 0.924. The van der Waals surface area contributed by atoms with Gasteiger partial charge in [0.15, 0.2) is 11.5 Å². The molecule has 6 nitrogen and oxygen atoms in total. The molecule has 2 heterocycles. The largest absolute Gasteiger partial charge is 0.454 e. The number of anilines is 2.